The van der Waals surface area contributed by atoms with Gasteiger partial charge in [-0.25, -0.2) is 4.98 Å². The van der Waals surface area contributed by atoms with Crippen LogP contribution in [0.3, 0.4) is 0 Å². The monoisotopic (exact) mass is 206 g/mol. The maximum absolute atomic E-state index is 4.60. The molecule has 0 saturated carbocycles. The Bertz CT molecular complexity index is 415. The lowest BCUT2D eigenvalue weighted by molar-refractivity contribution is 0.411. The van der Waals surface area contributed by atoms with Gasteiger partial charge >= 0.3 is 0 Å². The molecule has 0 bridgehead atoms. The van der Waals surface area contributed by atoms with Gasteiger partial charge in [-0.05, 0) is 0 Å². The van der Waals surface area contributed by atoms with Crippen molar-refractivity contribution in [2.45, 2.75) is 6.54 Å². The molecule has 2 aromatic rings. The minimum atomic E-state index is 0.457. The van der Waals surface area contributed by atoms with E-state index in [4.69, 9.17) is 0 Å². The van der Waals surface area contributed by atoms with Crippen LogP contribution < -0.4 is 10.6 Å². The highest BCUT2D eigenvalue weighted by Crippen LogP contribution is 2.06. The van der Waals surface area contributed by atoms with Gasteiger partial charge < -0.3 is 15.2 Å². The predicted molar refractivity (Wildman–Crippen MR) is 53.2 cm³/mol. The molecule has 7 nitrogen and oxygen atoms in total. The number of aromatic nitrogens is 4. The second-order valence-electron chi connectivity index (χ2n) is 2.74. The quantitative estimate of drug-likeness (QED) is 0.753. The molecule has 2 N–H and O–H groups in total. The zero-order valence-corrected chi connectivity index (χ0v) is 8.14. The van der Waals surface area contributed by atoms with Crippen LogP contribution in [-0.4, -0.2) is 27.2 Å². The fraction of sp³-hybridized carbons (Fsp3) is 0.250. The van der Waals surface area contributed by atoms with Crippen molar-refractivity contribution in [1.29, 1.82) is 0 Å². The fourth-order valence-corrected chi connectivity index (χ4v) is 1.01. The van der Waals surface area contributed by atoms with E-state index in [0.29, 0.717) is 24.0 Å². The van der Waals surface area contributed by atoms with Crippen molar-refractivity contribution in [3.05, 3.63) is 24.6 Å². The van der Waals surface area contributed by atoms with Crippen molar-refractivity contribution in [2.24, 2.45) is 0 Å². The Morgan fingerprint density at radius 3 is 2.93 bits per heavy atom. The molecule has 0 aromatic carbocycles. The average Bonchev–Trinajstić information content (AvgIpc) is 2.79. The van der Waals surface area contributed by atoms with Gasteiger partial charge in [0.2, 0.25) is 6.39 Å². The van der Waals surface area contributed by atoms with Crippen molar-refractivity contribution in [2.75, 3.05) is 17.7 Å². The highest BCUT2D eigenvalue weighted by molar-refractivity contribution is 5.40. The summed E-state index contributed by atoms with van der Waals surface area (Å²) in [5.74, 6) is 1.94. The zero-order chi connectivity index (χ0) is 10.5. The molecular weight excluding hydrogens is 196 g/mol. The van der Waals surface area contributed by atoms with Gasteiger partial charge in [-0.3, -0.25) is 4.98 Å². The van der Waals surface area contributed by atoms with Crippen LogP contribution in [0.25, 0.3) is 0 Å². The summed E-state index contributed by atoms with van der Waals surface area (Å²) >= 11 is 0. The molecule has 0 saturated heterocycles. The molecule has 0 aliphatic heterocycles. The number of nitrogens with zero attached hydrogens (tertiary/aromatic N) is 4. The molecule has 0 fully saturated rings. The molecule has 2 aromatic heterocycles. The predicted octanol–water partition coefficient (Wildman–Crippen LogP) is 0.513. The van der Waals surface area contributed by atoms with Gasteiger partial charge in [-0.2, -0.15) is 4.98 Å². The number of rotatable bonds is 4. The Labute approximate surface area is 85.9 Å². The van der Waals surface area contributed by atoms with Crippen LogP contribution in [-0.2, 0) is 6.54 Å². The summed E-state index contributed by atoms with van der Waals surface area (Å²) in [7, 11) is 1.78. The lowest BCUT2D eigenvalue weighted by atomic mass is 10.5. The summed E-state index contributed by atoms with van der Waals surface area (Å²) in [6.07, 6.45) is 4.55. The normalized spacial score (nSPS) is 9.93. The molecule has 0 aliphatic carbocycles. The van der Waals surface area contributed by atoms with Crippen molar-refractivity contribution in [1.82, 2.24) is 20.1 Å². The second kappa shape index (κ2) is 4.36. The third-order valence-electron chi connectivity index (χ3n) is 1.73. The first kappa shape index (κ1) is 9.38. The van der Waals surface area contributed by atoms with Gasteiger partial charge in [0.25, 0.3) is 0 Å². The van der Waals surface area contributed by atoms with E-state index in [0.717, 1.165) is 0 Å². The van der Waals surface area contributed by atoms with E-state index in [-0.39, 0.29) is 0 Å². The van der Waals surface area contributed by atoms with Gasteiger partial charge in [0.1, 0.15) is 11.6 Å². The summed E-state index contributed by atoms with van der Waals surface area (Å²) in [6, 6.07) is 0. The molecule has 0 spiro atoms. The third kappa shape index (κ3) is 2.39. The Kier molecular flexibility index (Phi) is 2.72. The van der Waals surface area contributed by atoms with Crippen LogP contribution in [0.15, 0.2) is 23.3 Å². The Morgan fingerprint density at radius 2 is 2.20 bits per heavy atom. The minimum Gasteiger partial charge on any atom is -0.372 e. The van der Waals surface area contributed by atoms with E-state index in [1.54, 1.807) is 19.4 Å². The number of hydrogen-bond acceptors (Lipinski definition) is 7. The summed E-state index contributed by atoms with van der Waals surface area (Å²) in [5.41, 5.74) is 0. The van der Waals surface area contributed by atoms with Gasteiger partial charge in [0, 0.05) is 7.05 Å². The third-order valence-corrected chi connectivity index (χ3v) is 1.73. The van der Waals surface area contributed by atoms with E-state index in [2.05, 4.69) is 35.3 Å². The average molecular weight is 206 g/mol. The molecule has 78 valence electrons. The molecule has 0 aliphatic rings. The largest absolute Gasteiger partial charge is 0.372 e. The van der Waals surface area contributed by atoms with E-state index >= 15 is 0 Å². The molecule has 0 radical (unpaired) electrons. The smallest absolute Gasteiger partial charge is 0.213 e. The van der Waals surface area contributed by atoms with Gasteiger partial charge in [0.15, 0.2) is 5.82 Å². The minimum absolute atomic E-state index is 0.457. The van der Waals surface area contributed by atoms with Crippen LogP contribution in [0.2, 0.25) is 0 Å². The Hall–Kier alpha value is -2.18. The summed E-state index contributed by atoms with van der Waals surface area (Å²) in [5, 5.41) is 9.58. The van der Waals surface area contributed by atoms with Crippen LogP contribution >= 0.6 is 0 Å². The molecule has 7 heteroatoms. The molecule has 15 heavy (non-hydrogen) atoms. The standard InChI is InChI=1S/C8H10N6O/c1-9-6-2-10-3-7(13-6)11-4-8-12-5-15-14-8/h2-3,5H,4H2,1H3,(H2,9,11,13). The topological polar surface area (TPSA) is 88.8 Å². The number of nitrogens with one attached hydrogen (secondary N) is 2. The first-order valence-corrected chi connectivity index (χ1v) is 4.37. The Balaban J connectivity index is 1.98. The maximum Gasteiger partial charge on any atom is 0.213 e. The van der Waals surface area contributed by atoms with Crippen molar-refractivity contribution >= 4 is 11.6 Å². The van der Waals surface area contributed by atoms with Crippen LogP contribution in [0.1, 0.15) is 5.82 Å². The molecular formula is C8H10N6O. The highest BCUT2D eigenvalue weighted by atomic mass is 16.5. The lowest BCUT2D eigenvalue weighted by Crippen LogP contribution is -2.04. The lowest BCUT2D eigenvalue weighted by Gasteiger charge is -2.03. The number of anilines is 2. The van der Waals surface area contributed by atoms with E-state index in [1.165, 1.54) is 6.39 Å². The van der Waals surface area contributed by atoms with Crippen LogP contribution in [0.5, 0.6) is 0 Å². The highest BCUT2D eigenvalue weighted by Gasteiger charge is 2.00. The molecule has 2 heterocycles. The van der Waals surface area contributed by atoms with Gasteiger partial charge in [0.05, 0.1) is 18.9 Å². The van der Waals surface area contributed by atoms with Crippen LogP contribution in [0.4, 0.5) is 11.6 Å². The van der Waals surface area contributed by atoms with Crippen molar-refractivity contribution < 1.29 is 4.52 Å². The summed E-state index contributed by atoms with van der Waals surface area (Å²) in [6.45, 7) is 0.457. The first-order chi connectivity index (χ1) is 7.38. The summed E-state index contributed by atoms with van der Waals surface area (Å²) < 4.78 is 4.60. The van der Waals surface area contributed by atoms with Crippen molar-refractivity contribution in [3.8, 4) is 0 Å². The molecule has 0 amide bonds. The van der Waals surface area contributed by atoms with Gasteiger partial charge in [-0.1, -0.05) is 5.16 Å². The van der Waals surface area contributed by atoms with E-state index in [1.807, 2.05) is 0 Å². The van der Waals surface area contributed by atoms with Crippen LogP contribution in [0, 0.1) is 0 Å². The Morgan fingerprint density at radius 1 is 1.33 bits per heavy atom. The van der Waals surface area contributed by atoms with E-state index < -0.39 is 0 Å². The number of hydrogen-bond donors (Lipinski definition) is 2. The van der Waals surface area contributed by atoms with Crippen molar-refractivity contribution in [3.63, 3.8) is 0 Å². The maximum atomic E-state index is 4.60. The SMILES string of the molecule is CNc1cncc(NCc2ncon2)n1. The summed E-state index contributed by atoms with van der Waals surface area (Å²) in [4.78, 5) is 12.1. The first-order valence-electron chi connectivity index (χ1n) is 4.37. The van der Waals surface area contributed by atoms with Gasteiger partial charge in [-0.15, -0.1) is 0 Å². The second-order valence-corrected chi connectivity index (χ2v) is 2.74. The molecule has 0 unspecified atom stereocenters. The molecule has 2 rings (SSSR count). The molecule has 0 atom stereocenters. The zero-order valence-electron chi connectivity index (χ0n) is 8.14. The van der Waals surface area contributed by atoms with E-state index in [9.17, 15) is 0 Å². The fourth-order valence-electron chi connectivity index (χ4n) is 1.01.